The van der Waals surface area contributed by atoms with Gasteiger partial charge in [0, 0.05) is 10.1 Å². The van der Waals surface area contributed by atoms with E-state index in [9.17, 15) is 22.8 Å². The number of halogens is 4. The summed E-state index contributed by atoms with van der Waals surface area (Å²) in [5.74, 6) is -0.679. The van der Waals surface area contributed by atoms with Gasteiger partial charge in [0.25, 0.3) is 5.56 Å². The van der Waals surface area contributed by atoms with Crippen LogP contribution in [-0.4, -0.2) is 15.7 Å². The van der Waals surface area contributed by atoms with E-state index >= 15 is 0 Å². The zero-order valence-corrected chi connectivity index (χ0v) is 18.5. The van der Waals surface area contributed by atoms with Crippen molar-refractivity contribution in [1.82, 2.24) is 9.78 Å². The van der Waals surface area contributed by atoms with E-state index in [2.05, 4.69) is 10.4 Å². The van der Waals surface area contributed by atoms with E-state index < -0.39 is 29.2 Å². The third kappa shape index (κ3) is 3.86. The topological polar surface area (TPSA) is 64.0 Å². The zero-order valence-electron chi connectivity index (χ0n) is 17.0. The number of hydrogen-bond acceptors (Lipinski definition) is 4. The summed E-state index contributed by atoms with van der Waals surface area (Å²) in [5, 5.41) is 7.98. The number of thiophene rings is 1. The summed E-state index contributed by atoms with van der Waals surface area (Å²) in [4.78, 5) is 26.3. The number of fused-ring (bicyclic) bond motifs is 3. The van der Waals surface area contributed by atoms with Crippen LogP contribution in [0.2, 0.25) is 5.02 Å². The van der Waals surface area contributed by atoms with E-state index in [0.717, 1.165) is 37.7 Å². The van der Waals surface area contributed by atoms with E-state index in [4.69, 9.17) is 11.6 Å². The molecule has 166 valence electrons. The molecule has 2 aromatic heterocycles. The first kappa shape index (κ1) is 22.3. The molecule has 10 heteroatoms. The maximum atomic E-state index is 13.3. The van der Waals surface area contributed by atoms with E-state index in [-0.39, 0.29) is 17.1 Å². The second kappa shape index (κ2) is 8.22. The molecule has 0 fully saturated rings. The molecule has 2 aromatic carbocycles. The van der Waals surface area contributed by atoms with Crippen LogP contribution in [0.4, 0.5) is 18.9 Å². The summed E-state index contributed by atoms with van der Waals surface area (Å²) in [6.45, 7) is 3.44. The lowest BCUT2D eigenvalue weighted by Gasteiger charge is -2.19. The highest BCUT2D eigenvalue weighted by Gasteiger charge is 2.32. The summed E-state index contributed by atoms with van der Waals surface area (Å²) in [6, 6.07) is 9.08. The van der Waals surface area contributed by atoms with Crippen molar-refractivity contribution in [3.05, 3.63) is 69.1 Å². The van der Waals surface area contributed by atoms with E-state index in [0.29, 0.717) is 11.1 Å². The van der Waals surface area contributed by atoms with E-state index in [1.807, 2.05) is 24.3 Å². The Hall–Kier alpha value is -2.91. The Morgan fingerprint density at radius 3 is 2.66 bits per heavy atom. The lowest BCUT2D eigenvalue weighted by molar-refractivity contribution is -0.137. The number of aryl methyl sites for hydroxylation is 1. The molecule has 0 saturated carbocycles. The van der Waals surface area contributed by atoms with Crippen LogP contribution in [0.5, 0.6) is 0 Å². The van der Waals surface area contributed by atoms with Gasteiger partial charge in [0.1, 0.15) is 6.04 Å². The normalized spacial score (nSPS) is 12.9. The second-order valence-electron chi connectivity index (χ2n) is 7.24. The highest BCUT2D eigenvalue weighted by atomic mass is 35.5. The number of benzene rings is 2. The molecule has 0 aliphatic rings. The van der Waals surface area contributed by atoms with Gasteiger partial charge in [0.15, 0.2) is 0 Å². The van der Waals surface area contributed by atoms with Gasteiger partial charge in [-0.15, -0.1) is 11.3 Å². The minimum Gasteiger partial charge on any atom is -0.323 e. The summed E-state index contributed by atoms with van der Waals surface area (Å²) in [6.07, 6.45) is -4.39. The Morgan fingerprint density at radius 1 is 1.25 bits per heavy atom. The molecule has 0 spiro atoms. The average Bonchev–Trinajstić information content (AvgIpc) is 3.13. The number of amides is 1. The van der Waals surface area contributed by atoms with Crippen LogP contribution in [0, 0.1) is 6.92 Å². The van der Waals surface area contributed by atoms with Crippen molar-refractivity contribution in [3.8, 4) is 0 Å². The number of carbonyl (C=O) groups is 1. The first-order valence-corrected chi connectivity index (χ1v) is 10.9. The molecule has 1 atom stereocenters. The predicted molar refractivity (Wildman–Crippen MR) is 121 cm³/mol. The maximum absolute atomic E-state index is 13.3. The van der Waals surface area contributed by atoms with Gasteiger partial charge in [-0.25, -0.2) is 4.68 Å². The molecule has 1 amide bonds. The Kier molecular flexibility index (Phi) is 5.72. The van der Waals surface area contributed by atoms with Gasteiger partial charge in [-0.3, -0.25) is 9.59 Å². The lowest BCUT2D eigenvalue weighted by atomic mass is 10.1. The number of nitrogens with zero attached hydrogens (tertiary/aromatic N) is 2. The van der Waals surface area contributed by atoms with Crippen molar-refractivity contribution in [1.29, 1.82) is 0 Å². The van der Waals surface area contributed by atoms with Gasteiger partial charge < -0.3 is 5.32 Å². The molecule has 0 unspecified atom stereocenters. The van der Waals surface area contributed by atoms with Crippen molar-refractivity contribution in [3.63, 3.8) is 0 Å². The fourth-order valence-electron chi connectivity index (χ4n) is 3.57. The second-order valence-corrected chi connectivity index (χ2v) is 8.70. The molecule has 0 bridgehead atoms. The van der Waals surface area contributed by atoms with Crippen LogP contribution in [0.15, 0.2) is 47.3 Å². The molecule has 5 nitrogen and oxygen atoms in total. The predicted octanol–water partition coefficient (Wildman–Crippen LogP) is 6.18. The maximum Gasteiger partial charge on any atom is 0.416 e. The monoisotopic (exact) mass is 479 g/mol. The molecule has 4 aromatic rings. The first-order valence-electron chi connectivity index (χ1n) is 9.70. The lowest BCUT2D eigenvalue weighted by Crippen LogP contribution is -2.35. The number of aromatic nitrogens is 2. The van der Waals surface area contributed by atoms with Crippen molar-refractivity contribution in [2.75, 3.05) is 5.32 Å². The standard InChI is InChI=1S/C22H17ClF3N3O2S/c1-3-16(20(30)27-15-10-12(22(24,25)26)8-9-14(15)23)29-21(31)18-13-6-4-5-7-17(13)32-19(18)11(2)28-29/h4-10,16H,3H2,1-2H3,(H,27,30)/t16-/m0/s1. The number of hydrogen-bond donors (Lipinski definition) is 1. The Labute approximate surface area is 189 Å². The van der Waals surface area contributed by atoms with Crippen LogP contribution in [0.3, 0.4) is 0 Å². The van der Waals surface area contributed by atoms with Crippen molar-refractivity contribution >= 4 is 54.7 Å². The quantitative estimate of drug-likeness (QED) is 0.380. The third-order valence-corrected chi connectivity index (χ3v) is 6.75. The highest BCUT2D eigenvalue weighted by Crippen LogP contribution is 2.35. The van der Waals surface area contributed by atoms with Gasteiger partial charge in [-0.1, -0.05) is 36.7 Å². The molecular formula is C22H17ClF3N3O2S. The highest BCUT2D eigenvalue weighted by molar-refractivity contribution is 7.26. The van der Waals surface area contributed by atoms with Gasteiger partial charge in [-0.2, -0.15) is 18.3 Å². The van der Waals surface area contributed by atoms with Gasteiger partial charge in [0.05, 0.1) is 32.1 Å². The van der Waals surface area contributed by atoms with Crippen LogP contribution >= 0.6 is 22.9 Å². The molecular weight excluding hydrogens is 463 g/mol. The summed E-state index contributed by atoms with van der Waals surface area (Å²) in [5.41, 5.74) is -0.969. The van der Waals surface area contributed by atoms with Crippen molar-refractivity contribution < 1.29 is 18.0 Å². The first-order chi connectivity index (χ1) is 15.1. The molecule has 32 heavy (non-hydrogen) atoms. The molecule has 0 saturated heterocycles. The SMILES string of the molecule is CC[C@@H](C(=O)Nc1cc(C(F)(F)F)ccc1Cl)n1nc(C)c2sc3ccccc3c2c1=O. The van der Waals surface area contributed by atoms with Crippen LogP contribution in [-0.2, 0) is 11.0 Å². The molecule has 0 radical (unpaired) electrons. The van der Waals surface area contributed by atoms with E-state index in [1.165, 1.54) is 11.3 Å². The Bertz CT molecular complexity index is 1410. The minimum atomic E-state index is -4.59. The number of carbonyl (C=O) groups excluding carboxylic acids is 1. The summed E-state index contributed by atoms with van der Waals surface area (Å²) < 4.78 is 41.9. The molecule has 0 aliphatic heterocycles. The largest absolute Gasteiger partial charge is 0.416 e. The minimum absolute atomic E-state index is 0.0445. The number of alkyl halides is 3. The molecule has 0 aliphatic carbocycles. The fraction of sp³-hybridized carbons (Fsp3) is 0.227. The zero-order chi connectivity index (χ0) is 23.2. The molecule has 4 rings (SSSR count). The van der Waals surface area contributed by atoms with E-state index in [1.54, 1.807) is 13.8 Å². The molecule has 2 heterocycles. The summed E-state index contributed by atoms with van der Waals surface area (Å²) in [7, 11) is 0. The fourth-order valence-corrected chi connectivity index (χ4v) is 4.87. The van der Waals surface area contributed by atoms with Crippen LogP contribution < -0.4 is 10.9 Å². The van der Waals surface area contributed by atoms with Gasteiger partial charge in [-0.05, 0) is 37.6 Å². The summed E-state index contributed by atoms with van der Waals surface area (Å²) >= 11 is 7.45. The van der Waals surface area contributed by atoms with Gasteiger partial charge in [0.2, 0.25) is 5.91 Å². The van der Waals surface area contributed by atoms with Crippen LogP contribution in [0.25, 0.3) is 20.2 Å². The number of anilines is 1. The smallest absolute Gasteiger partial charge is 0.323 e. The average molecular weight is 480 g/mol. The molecule has 1 N–H and O–H groups in total. The van der Waals surface area contributed by atoms with Crippen molar-refractivity contribution in [2.45, 2.75) is 32.5 Å². The van der Waals surface area contributed by atoms with Gasteiger partial charge >= 0.3 is 6.18 Å². The Morgan fingerprint density at radius 2 is 1.97 bits per heavy atom. The van der Waals surface area contributed by atoms with Crippen LogP contribution in [0.1, 0.15) is 30.6 Å². The Balaban J connectivity index is 1.78. The number of rotatable bonds is 4. The van der Waals surface area contributed by atoms with Crippen molar-refractivity contribution in [2.24, 2.45) is 0 Å². The number of nitrogens with one attached hydrogen (secondary N) is 1. The third-order valence-electron chi connectivity index (χ3n) is 5.14.